The normalized spacial score (nSPS) is 11.4. The van der Waals surface area contributed by atoms with Crippen LogP contribution in [-0.2, 0) is 6.54 Å². The smallest absolute Gasteiger partial charge is 0.423 e. The van der Waals surface area contributed by atoms with Gasteiger partial charge in [0.05, 0.1) is 13.2 Å². The monoisotopic (exact) mass is 295 g/mol. The highest BCUT2D eigenvalue weighted by Gasteiger charge is 2.15. The van der Waals surface area contributed by atoms with Crippen molar-refractivity contribution in [2.45, 2.75) is 6.54 Å². The van der Waals surface area contributed by atoms with E-state index in [-0.39, 0.29) is 13.2 Å². The van der Waals surface area contributed by atoms with Crippen molar-refractivity contribution >= 4 is 33.3 Å². The van der Waals surface area contributed by atoms with Crippen LogP contribution in [0, 0.1) is 0 Å². The van der Waals surface area contributed by atoms with Crippen molar-refractivity contribution in [1.29, 1.82) is 0 Å². The lowest BCUT2D eigenvalue weighted by Gasteiger charge is -2.20. The van der Waals surface area contributed by atoms with E-state index in [2.05, 4.69) is 0 Å². The number of benzene rings is 1. The molecular weight excluding hydrogens is 277 g/mol. The summed E-state index contributed by atoms with van der Waals surface area (Å²) in [6.07, 6.45) is 0. The molecule has 0 amide bonds. The molecule has 5 nitrogen and oxygen atoms in total. The molecule has 108 valence electrons. The van der Waals surface area contributed by atoms with Crippen molar-refractivity contribution in [3.8, 4) is 0 Å². The predicted molar refractivity (Wildman–Crippen MR) is 81.1 cm³/mol. The summed E-state index contributed by atoms with van der Waals surface area (Å²) in [7, 11) is -1.43. The van der Waals surface area contributed by atoms with Crippen LogP contribution in [0.2, 0.25) is 0 Å². The summed E-state index contributed by atoms with van der Waals surface area (Å²) in [5.41, 5.74) is 1.07. The number of fused-ring (bicyclic) bond motifs is 1. The Morgan fingerprint density at radius 1 is 1.05 bits per heavy atom. The Bertz CT molecular complexity index is 554. The quantitative estimate of drug-likeness (QED) is 0.511. The summed E-state index contributed by atoms with van der Waals surface area (Å²) in [4.78, 5) is 1.97. The van der Waals surface area contributed by atoms with E-state index in [4.69, 9.17) is 10.2 Å². The molecule has 0 unspecified atom stereocenters. The molecule has 0 saturated heterocycles. The Balaban J connectivity index is 2.17. The van der Waals surface area contributed by atoms with Crippen molar-refractivity contribution in [2.24, 2.45) is 0 Å². The average molecular weight is 295 g/mol. The first-order valence-electron chi connectivity index (χ1n) is 6.46. The fourth-order valence-corrected chi connectivity index (χ4v) is 3.07. The largest absolute Gasteiger partial charge is 0.499 e. The average Bonchev–Trinajstić information content (AvgIpc) is 2.82. The number of aliphatic hydroxyl groups excluding tert-OH is 2. The van der Waals surface area contributed by atoms with Gasteiger partial charge in [-0.25, -0.2) is 0 Å². The van der Waals surface area contributed by atoms with Gasteiger partial charge in [0.25, 0.3) is 0 Å². The first-order chi connectivity index (χ1) is 9.63. The van der Waals surface area contributed by atoms with Crippen LogP contribution in [0.15, 0.2) is 24.3 Å². The summed E-state index contributed by atoms with van der Waals surface area (Å²) >= 11 is 1.36. The van der Waals surface area contributed by atoms with E-state index in [0.717, 1.165) is 15.6 Å². The van der Waals surface area contributed by atoms with E-state index >= 15 is 0 Å². The van der Waals surface area contributed by atoms with E-state index in [0.29, 0.717) is 24.4 Å². The zero-order chi connectivity index (χ0) is 14.5. The minimum absolute atomic E-state index is 0.0571. The molecule has 0 fully saturated rings. The Morgan fingerprint density at radius 2 is 1.75 bits per heavy atom. The van der Waals surface area contributed by atoms with Crippen molar-refractivity contribution < 1.29 is 20.3 Å². The van der Waals surface area contributed by atoms with Crippen LogP contribution in [0.1, 0.15) is 5.56 Å². The minimum atomic E-state index is -1.43. The Hall–Kier alpha value is -0.955. The molecule has 0 aliphatic carbocycles. The van der Waals surface area contributed by atoms with E-state index < -0.39 is 7.12 Å². The summed E-state index contributed by atoms with van der Waals surface area (Å²) in [5, 5.41) is 37.3. The van der Waals surface area contributed by atoms with Gasteiger partial charge in [0.2, 0.25) is 0 Å². The molecule has 4 N–H and O–H groups in total. The van der Waals surface area contributed by atoms with Gasteiger partial charge in [0.1, 0.15) is 0 Å². The van der Waals surface area contributed by atoms with Crippen LogP contribution < -0.4 is 4.78 Å². The maximum atomic E-state index is 9.18. The topological polar surface area (TPSA) is 84.2 Å². The zero-order valence-corrected chi connectivity index (χ0v) is 11.9. The predicted octanol–water partition coefficient (Wildman–Crippen LogP) is -0.632. The van der Waals surface area contributed by atoms with Crippen LogP contribution in [0.5, 0.6) is 0 Å². The number of hydrogen-bond acceptors (Lipinski definition) is 6. The molecule has 1 aromatic carbocycles. The third-order valence-corrected chi connectivity index (χ3v) is 4.25. The van der Waals surface area contributed by atoms with E-state index in [1.807, 2.05) is 23.1 Å². The number of nitrogens with zero attached hydrogens (tertiary/aromatic N) is 1. The van der Waals surface area contributed by atoms with E-state index in [1.54, 1.807) is 6.07 Å². The van der Waals surface area contributed by atoms with Crippen molar-refractivity contribution in [1.82, 2.24) is 4.90 Å². The SMILES string of the molecule is OCCN(CCO)Cc1ccc2sc(B(O)O)cc2c1. The maximum Gasteiger partial charge on any atom is 0.499 e. The number of thiophene rings is 1. The third-order valence-electron chi connectivity index (χ3n) is 3.09. The molecule has 7 heteroatoms. The molecule has 0 saturated carbocycles. The van der Waals surface area contributed by atoms with Gasteiger partial charge in [-0.15, -0.1) is 11.3 Å². The molecule has 20 heavy (non-hydrogen) atoms. The van der Waals surface area contributed by atoms with Gasteiger partial charge in [-0.1, -0.05) is 6.07 Å². The molecule has 2 aromatic rings. The van der Waals surface area contributed by atoms with E-state index in [9.17, 15) is 10.0 Å². The second kappa shape index (κ2) is 7.17. The zero-order valence-electron chi connectivity index (χ0n) is 11.1. The Labute approximate surface area is 121 Å². The summed E-state index contributed by atoms with van der Waals surface area (Å²) in [6.45, 7) is 1.79. The van der Waals surface area contributed by atoms with Crippen LogP contribution in [-0.4, -0.2) is 58.6 Å². The Morgan fingerprint density at radius 3 is 2.35 bits per heavy atom. The Kier molecular flexibility index (Phi) is 5.53. The standard InChI is InChI=1S/C13H18BNO4S/c16-5-3-15(4-6-17)9-10-1-2-12-11(7-10)8-13(20-12)14(18)19/h1-2,7-8,16-19H,3-6,9H2. The molecule has 0 aliphatic heterocycles. The fraction of sp³-hybridized carbons (Fsp3) is 0.385. The van der Waals surface area contributed by atoms with Crippen LogP contribution in [0.25, 0.3) is 10.1 Å². The van der Waals surface area contributed by atoms with Gasteiger partial charge in [0.15, 0.2) is 0 Å². The summed E-state index contributed by atoms with van der Waals surface area (Å²) < 4.78 is 1.53. The van der Waals surface area contributed by atoms with Crippen LogP contribution in [0.3, 0.4) is 0 Å². The highest BCUT2D eigenvalue weighted by atomic mass is 32.1. The van der Waals surface area contributed by atoms with Crippen molar-refractivity contribution in [2.75, 3.05) is 26.3 Å². The molecular formula is C13H18BNO4S. The fourth-order valence-electron chi connectivity index (χ4n) is 2.15. The molecule has 0 bridgehead atoms. The molecule has 0 spiro atoms. The molecule has 0 radical (unpaired) electrons. The van der Waals surface area contributed by atoms with Gasteiger partial charge in [-0.3, -0.25) is 4.90 Å². The third kappa shape index (κ3) is 3.79. The summed E-state index contributed by atoms with van der Waals surface area (Å²) in [6, 6.07) is 7.71. The molecule has 0 atom stereocenters. The van der Waals surface area contributed by atoms with Crippen LogP contribution in [0.4, 0.5) is 0 Å². The van der Waals surface area contributed by atoms with Gasteiger partial charge in [0, 0.05) is 29.1 Å². The number of aliphatic hydroxyl groups is 2. The number of hydrogen-bond donors (Lipinski definition) is 4. The lowest BCUT2D eigenvalue weighted by Crippen LogP contribution is -2.29. The maximum absolute atomic E-state index is 9.18. The van der Waals surface area contributed by atoms with Crippen molar-refractivity contribution in [3.63, 3.8) is 0 Å². The molecule has 2 rings (SSSR count). The van der Waals surface area contributed by atoms with Crippen molar-refractivity contribution in [3.05, 3.63) is 29.8 Å². The molecule has 1 aromatic heterocycles. The second-order valence-electron chi connectivity index (χ2n) is 4.62. The summed E-state index contributed by atoms with van der Waals surface area (Å²) in [5.74, 6) is 0. The van der Waals surface area contributed by atoms with Gasteiger partial charge in [-0.05, 0) is 29.1 Å². The lowest BCUT2D eigenvalue weighted by atomic mass is 9.89. The highest BCUT2D eigenvalue weighted by molar-refractivity contribution is 7.27. The van der Waals surface area contributed by atoms with Gasteiger partial charge < -0.3 is 20.3 Å². The van der Waals surface area contributed by atoms with E-state index in [1.165, 1.54) is 11.3 Å². The molecule has 1 heterocycles. The van der Waals surface area contributed by atoms with Gasteiger partial charge in [-0.2, -0.15) is 0 Å². The van der Waals surface area contributed by atoms with Crippen LogP contribution >= 0.6 is 11.3 Å². The highest BCUT2D eigenvalue weighted by Crippen LogP contribution is 2.21. The lowest BCUT2D eigenvalue weighted by molar-refractivity contribution is 0.156. The number of rotatable bonds is 7. The first-order valence-corrected chi connectivity index (χ1v) is 7.28. The molecule has 0 aliphatic rings. The minimum Gasteiger partial charge on any atom is -0.423 e. The second-order valence-corrected chi connectivity index (χ2v) is 5.73. The first kappa shape index (κ1) is 15.4. The van der Waals surface area contributed by atoms with Gasteiger partial charge >= 0.3 is 7.12 Å².